The monoisotopic (exact) mass is 571 g/mol. The molecule has 0 aliphatic carbocycles. The second-order valence-corrected chi connectivity index (χ2v) is 11.4. The van der Waals surface area contributed by atoms with Gasteiger partial charge in [-0.25, -0.2) is 8.42 Å². The summed E-state index contributed by atoms with van der Waals surface area (Å²) in [5.74, 6) is 0.270. The second kappa shape index (κ2) is 13.1. The number of hydrogen-bond acceptors (Lipinski definition) is 5. The Morgan fingerprint density at radius 3 is 1.95 bits per heavy atom. The summed E-state index contributed by atoms with van der Waals surface area (Å²) in [6.45, 7) is 3.11. The third kappa shape index (κ3) is 7.32. The van der Waals surface area contributed by atoms with E-state index < -0.39 is 28.5 Å². The number of sulfonamides is 1. The summed E-state index contributed by atoms with van der Waals surface area (Å²) in [5, 5.41) is 2.58. The number of nitrogens with zero attached hydrogens (tertiary/aromatic N) is 2. The normalized spacial score (nSPS) is 11.8. The van der Waals surface area contributed by atoms with Gasteiger partial charge in [-0.15, -0.1) is 0 Å². The number of hydrogen-bond donors (Lipinski definition) is 1. The van der Waals surface area contributed by atoms with Gasteiger partial charge in [-0.3, -0.25) is 13.9 Å². The Morgan fingerprint density at radius 2 is 1.37 bits per heavy atom. The van der Waals surface area contributed by atoms with Crippen molar-refractivity contribution in [2.24, 2.45) is 0 Å². The van der Waals surface area contributed by atoms with Gasteiger partial charge in [0.1, 0.15) is 24.1 Å². The first-order valence-corrected chi connectivity index (χ1v) is 14.6. The SMILES string of the molecule is CNC(=O)C(C)N(Cc1ccccc1)C(=O)CN(c1ccc(Oc2ccccc2)cc1)S(=O)(=O)c1ccc(C)cc1. The molecule has 2 amide bonds. The van der Waals surface area contributed by atoms with E-state index in [0.717, 1.165) is 15.4 Å². The van der Waals surface area contributed by atoms with Crippen molar-refractivity contribution in [3.05, 3.63) is 120 Å². The summed E-state index contributed by atoms with van der Waals surface area (Å²) >= 11 is 0. The van der Waals surface area contributed by atoms with E-state index in [2.05, 4.69) is 5.32 Å². The zero-order valence-corrected chi connectivity index (χ0v) is 24.0. The van der Waals surface area contributed by atoms with Crippen molar-refractivity contribution in [3.8, 4) is 11.5 Å². The number of benzene rings is 4. The van der Waals surface area contributed by atoms with Crippen LogP contribution in [0, 0.1) is 6.92 Å². The molecule has 4 aromatic carbocycles. The molecule has 1 atom stereocenters. The van der Waals surface area contributed by atoms with Gasteiger partial charge in [0.25, 0.3) is 10.0 Å². The van der Waals surface area contributed by atoms with Crippen LogP contribution in [0.2, 0.25) is 0 Å². The highest BCUT2D eigenvalue weighted by Crippen LogP contribution is 2.28. The third-order valence-corrected chi connectivity index (χ3v) is 8.39. The number of rotatable bonds is 11. The number of likely N-dealkylation sites (N-methyl/N-ethyl adjacent to an activating group) is 1. The molecule has 0 aliphatic heterocycles. The molecule has 8 nitrogen and oxygen atoms in total. The van der Waals surface area contributed by atoms with E-state index in [1.165, 1.54) is 24.1 Å². The van der Waals surface area contributed by atoms with Crippen molar-refractivity contribution in [1.29, 1.82) is 0 Å². The first kappa shape index (κ1) is 29.4. The minimum absolute atomic E-state index is 0.0504. The van der Waals surface area contributed by atoms with E-state index in [1.807, 2.05) is 67.6 Å². The lowest BCUT2D eigenvalue weighted by atomic mass is 10.1. The number of anilines is 1. The van der Waals surface area contributed by atoms with Gasteiger partial charge in [-0.2, -0.15) is 0 Å². The van der Waals surface area contributed by atoms with Crippen LogP contribution in [-0.2, 0) is 26.2 Å². The number of para-hydroxylation sites is 1. The topological polar surface area (TPSA) is 96.0 Å². The molecule has 0 saturated heterocycles. The molecule has 212 valence electrons. The molecule has 4 aromatic rings. The first-order valence-electron chi connectivity index (χ1n) is 13.2. The zero-order valence-electron chi connectivity index (χ0n) is 23.2. The number of amides is 2. The van der Waals surface area contributed by atoms with Gasteiger partial charge in [0.2, 0.25) is 11.8 Å². The number of nitrogens with one attached hydrogen (secondary N) is 1. The van der Waals surface area contributed by atoms with Crippen LogP contribution in [0.4, 0.5) is 5.69 Å². The molecule has 0 bridgehead atoms. The summed E-state index contributed by atoms with van der Waals surface area (Å²) in [6.07, 6.45) is 0. The Morgan fingerprint density at radius 1 is 0.805 bits per heavy atom. The van der Waals surface area contributed by atoms with Crippen LogP contribution >= 0.6 is 0 Å². The fraction of sp³-hybridized carbons (Fsp3) is 0.188. The van der Waals surface area contributed by atoms with Crippen LogP contribution in [0.1, 0.15) is 18.1 Å². The van der Waals surface area contributed by atoms with Crippen LogP contribution < -0.4 is 14.4 Å². The molecule has 0 aromatic heterocycles. The van der Waals surface area contributed by atoms with Gasteiger partial charge >= 0.3 is 0 Å². The van der Waals surface area contributed by atoms with Crippen molar-refractivity contribution in [1.82, 2.24) is 10.2 Å². The standard InChI is InChI=1S/C32H33N3O5S/c1-24-14-20-30(21-15-24)41(38,39)35(27-16-18-29(19-17-27)40-28-12-8-5-9-13-28)23-31(36)34(25(2)32(37)33-3)22-26-10-6-4-7-11-26/h4-21,25H,22-23H2,1-3H3,(H,33,37). The Bertz CT molecular complexity index is 1560. The van der Waals surface area contributed by atoms with Crippen LogP contribution in [-0.4, -0.2) is 44.8 Å². The predicted octanol–water partition coefficient (Wildman–Crippen LogP) is 5.15. The Labute approximate surface area is 241 Å². The quantitative estimate of drug-likeness (QED) is 0.269. The molecule has 1 N–H and O–H groups in total. The molecule has 0 saturated carbocycles. The molecule has 0 aliphatic rings. The van der Waals surface area contributed by atoms with E-state index in [0.29, 0.717) is 11.5 Å². The predicted molar refractivity (Wildman–Crippen MR) is 159 cm³/mol. The van der Waals surface area contributed by atoms with Crippen molar-refractivity contribution in [2.45, 2.75) is 31.3 Å². The average molecular weight is 572 g/mol. The van der Waals surface area contributed by atoms with Crippen molar-refractivity contribution in [3.63, 3.8) is 0 Å². The highest BCUT2D eigenvalue weighted by molar-refractivity contribution is 7.92. The smallest absolute Gasteiger partial charge is 0.264 e. The lowest BCUT2D eigenvalue weighted by molar-refractivity contribution is -0.139. The van der Waals surface area contributed by atoms with E-state index in [1.54, 1.807) is 43.3 Å². The van der Waals surface area contributed by atoms with Crippen LogP contribution in [0.5, 0.6) is 11.5 Å². The molecule has 1 unspecified atom stereocenters. The molecule has 0 heterocycles. The van der Waals surface area contributed by atoms with Gasteiger partial charge in [0, 0.05) is 13.6 Å². The Kier molecular flexibility index (Phi) is 9.41. The average Bonchev–Trinajstić information content (AvgIpc) is 2.99. The molecular formula is C32H33N3O5S. The molecule has 4 rings (SSSR count). The minimum Gasteiger partial charge on any atom is -0.457 e. The summed E-state index contributed by atoms with van der Waals surface area (Å²) in [6, 6.07) is 30.6. The van der Waals surface area contributed by atoms with Gasteiger partial charge in [0.15, 0.2) is 0 Å². The molecule has 9 heteroatoms. The number of ether oxygens (including phenoxy) is 1. The molecule has 0 spiro atoms. The van der Waals surface area contributed by atoms with E-state index in [4.69, 9.17) is 4.74 Å². The summed E-state index contributed by atoms with van der Waals surface area (Å²) in [4.78, 5) is 27.9. The van der Waals surface area contributed by atoms with E-state index >= 15 is 0 Å². The highest BCUT2D eigenvalue weighted by Gasteiger charge is 2.32. The lowest BCUT2D eigenvalue weighted by Crippen LogP contribution is -2.50. The summed E-state index contributed by atoms with van der Waals surface area (Å²) in [5.41, 5.74) is 2.00. The lowest BCUT2D eigenvalue weighted by Gasteiger charge is -2.31. The Hall–Kier alpha value is -4.63. The fourth-order valence-electron chi connectivity index (χ4n) is 4.24. The molecule has 0 radical (unpaired) electrons. The zero-order chi connectivity index (χ0) is 29.4. The van der Waals surface area contributed by atoms with Crippen LogP contribution in [0.25, 0.3) is 0 Å². The number of carbonyl (C=O) groups is 2. The van der Waals surface area contributed by atoms with Crippen LogP contribution in [0.3, 0.4) is 0 Å². The highest BCUT2D eigenvalue weighted by atomic mass is 32.2. The van der Waals surface area contributed by atoms with Gasteiger partial charge in [-0.1, -0.05) is 66.2 Å². The third-order valence-electron chi connectivity index (χ3n) is 6.60. The minimum atomic E-state index is -4.15. The van der Waals surface area contributed by atoms with Gasteiger partial charge < -0.3 is 15.0 Å². The largest absolute Gasteiger partial charge is 0.457 e. The first-order chi connectivity index (χ1) is 19.7. The van der Waals surface area contributed by atoms with Crippen molar-refractivity contribution >= 4 is 27.5 Å². The van der Waals surface area contributed by atoms with Gasteiger partial charge in [0.05, 0.1) is 10.6 Å². The molecule has 41 heavy (non-hydrogen) atoms. The Balaban J connectivity index is 1.69. The summed E-state index contributed by atoms with van der Waals surface area (Å²) in [7, 11) is -2.65. The maximum atomic E-state index is 13.9. The second-order valence-electron chi connectivity index (χ2n) is 9.53. The van der Waals surface area contributed by atoms with E-state index in [-0.39, 0.29) is 23.0 Å². The van der Waals surface area contributed by atoms with Gasteiger partial charge in [-0.05, 0) is 67.9 Å². The fourth-order valence-corrected chi connectivity index (χ4v) is 5.66. The molecular weight excluding hydrogens is 538 g/mol. The van der Waals surface area contributed by atoms with Crippen molar-refractivity contribution in [2.75, 3.05) is 17.9 Å². The van der Waals surface area contributed by atoms with E-state index in [9.17, 15) is 18.0 Å². The summed E-state index contributed by atoms with van der Waals surface area (Å²) < 4.78 is 34.8. The molecule has 0 fully saturated rings. The maximum Gasteiger partial charge on any atom is 0.264 e. The van der Waals surface area contributed by atoms with Crippen LogP contribution in [0.15, 0.2) is 114 Å². The van der Waals surface area contributed by atoms with Crippen molar-refractivity contribution < 1.29 is 22.7 Å². The number of aryl methyl sites for hydroxylation is 1. The number of carbonyl (C=O) groups excluding carboxylic acids is 2. The maximum absolute atomic E-state index is 13.9.